The molecule has 3 heterocycles. The van der Waals surface area contributed by atoms with Gasteiger partial charge in [0.05, 0.1) is 41.5 Å². The first-order valence-corrected chi connectivity index (χ1v) is 13.9. The summed E-state index contributed by atoms with van der Waals surface area (Å²) in [5.41, 5.74) is 0.229. The maximum Gasteiger partial charge on any atom is 0.418 e. The van der Waals surface area contributed by atoms with Crippen molar-refractivity contribution < 1.29 is 31.1 Å². The van der Waals surface area contributed by atoms with Crippen LogP contribution < -0.4 is 5.32 Å². The van der Waals surface area contributed by atoms with E-state index in [0.29, 0.717) is 67.6 Å². The lowest BCUT2D eigenvalue weighted by molar-refractivity contribution is -0.137. The van der Waals surface area contributed by atoms with Crippen molar-refractivity contribution in [1.29, 1.82) is 0 Å². The Balaban J connectivity index is 1.50. The van der Waals surface area contributed by atoms with Crippen LogP contribution in [0.25, 0.3) is 22.2 Å². The van der Waals surface area contributed by atoms with Gasteiger partial charge in [-0.1, -0.05) is 6.07 Å². The number of methoxy groups -OCH3 is 1. The lowest BCUT2D eigenvalue weighted by Gasteiger charge is -2.26. The van der Waals surface area contributed by atoms with Crippen LogP contribution in [0.2, 0.25) is 0 Å². The molecule has 1 fully saturated rings. The van der Waals surface area contributed by atoms with Crippen LogP contribution in [0.15, 0.2) is 65.7 Å². The molecular weight excluding hydrogens is 547 g/mol. The molecule has 1 N–H and O–H groups in total. The van der Waals surface area contributed by atoms with Crippen LogP contribution in [0.4, 0.5) is 24.7 Å². The third kappa shape index (κ3) is 5.92. The van der Waals surface area contributed by atoms with Crippen molar-refractivity contribution in [2.24, 2.45) is 0 Å². The number of benzene rings is 2. The van der Waals surface area contributed by atoms with Crippen LogP contribution in [-0.4, -0.2) is 67.7 Å². The highest BCUT2D eigenvalue weighted by Gasteiger charge is 2.34. The summed E-state index contributed by atoms with van der Waals surface area (Å²) in [5.74, 6) is 0.848. The van der Waals surface area contributed by atoms with Gasteiger partial charge < -0.3 is 14.8 Å². The van der Waals surface area contributed by atoms with Crippen molar-refractivity contribution in [2.45, 2.75) is 17.5 Å². The van der Waals surface area contributed by atoms with Crippen molar-refractivity contribution in [1.82, 2.24) is 19.3 Å². The van der Waals surface area contributed by atoms with Crippen molar-refractivity contribution in [3.8, 4) is 11.3 Å². The summed E-state index contributed by atoms with van der Waals surface area (Å²) in [7, 11) is -2.10. The van der Waals surface area contributed by atoms with E-state index in [9.17, 15) is 21.6 Å². The Hall–Kier alpha value is -3.65. The molecule has 2 aromatic carbocycles. The average Bonchev–Trinajstić information content (AvgIpc) is 2.96. The number of rotatable bonds is 8. The van der Waals surface area contributed by atoms with Gasteiger partial charge in [-0.25, -0.2) is 18.4 Å². The number of hydrogen-bond acceptors (Lipinski definition) is 8. The summed E-state index contributed by atoms with van der Waals surface area (Å²) in [6.07, 6.45) is -2.88. The number of pyridine rings is 1. The molecule has 0 bridgehead atoms. The predicted molar refractivity (Wildman–Crippen MR) is 143 cm³/mol. The van der Waals surface area contributed by atoms with Gasteiger partial charge >= 0.3 is 6.18 Å². The lowest BCUT2D eigenvalue weighted by Crippen LogP contribution is -2.40. The molecule has 2 aromatic heterocycles. The second kappa shape index (κ2) is 11.5. The number of alkyl halides is 3. The van der Waals surface area contributed by atoms with Gasteiger partial charge in [0.1, 0.15) is 11.6 Å². The molecule has 1 aliphatic heterocycles. The van der Waals surface area contributed by atoms with Crippen LogP contribution in [0.5, 0.6) is 0 Å². The summed E-state index contributed by atoms with van der Waals surface area (Å²) in [4.78, 5) is 13.3. The average molecular weight is 574 g/mol. The number of nitrogens with one attached hydrogen (secondary N) is 1. The first-order chi connectivity index (χ1) is 19.2. The summed E-state index contributed by atoms with van der Waals surface area (Å²) in [5, 5.41) is 3.77. The minimum atomic E-state index is -4.57. The molecule has 9 nitrogen and oxygen atoms in total. The minimum Gasteiger partial charge on any atom is -0.384 e. The minimum absolute atomic E-state index is 0.161. The Kier molecular flexibility index (Phi) is 7.99. The van der Waals surface area contributed by atoms with E-state index >= 15 is 0 Å². The number of sulfonamides is 1. The zero-order valence-electron chi connectivity index (χ0n) is 21.5. The molecule has 0 radical (unpaired) electrons. The monoisotopic (exact) mass is 573 g/mol. The fraction of sp³-hybridized carbons (Fsp3) is 0.296. The van der Waals surface area contributed by atoms with E-state index in [0.717, 1.165) is 6.07 Å². The van der Waals surface area contributed by atoms with E-state index in [4.69, 9.17) is 9.47 Å². The van der Waals surface area contributed by atoms with Crippen molar-refractivity contribution >= 4 is 32.4 Å². The molecule has 0 aliphatic carbocycles. The molecule has 1 saturated heterocycles. The quantitative estimate of drug-likeness (QED) is 0.324. The normalized spacial score (nSPS) is 14.9. The Morgan fingerprint density at radius 1 is 1.05 bits per heavy atom. The number of nitrogens with zero attached hydrogens (tertiary/aromatic N) is 4. The van der Waals surface area contributed by atoms with Crippen molar-refractivity contribution in [3.05, 3.63) is 72.2 Å². The number of ether oxygens (including phenoxy) is 2. The molecule has 40 heavy (non-hydrogen) atoms. The van der Waals surface area contributed by atoms with Gasteiger partial charge in [0.25, 0.3) is 0 Å². The zero-order valence-corrected chi connectivity index (χ0v) is 22.3. The molecule has 1 aliphatic rings. The first-order valence-electron chi connectivity index (χ1n) is 12.4. The van der Waals surface area contributed by atoms with E-state index in [2.05, 4.69) is 20.3 Å². The van der Waals surface area contributed by atoms with E-state index in [1.54, 1.807) is 37.4 Å². The summed E-state index contributed by atoms with van der Waals surface area (Å²) in [6.45, 7) is 1.64. The Morgan fingerprint density at radius 2 is 1.80 bits per heavy atom. The van der Waals surface area contributed by atoms with E-state index in [1.165, 1.54) is 28.7 Å². The molecule has 0 atom stereocenters. The van der Waals surface area contributed by atoms with Gasteiger partial charge in [0.2, 0.25) is 10.0 Å². The molecule has 0 saturated carbocycles. The Morgan fingerprint density at radius 3 is 2.50 bits per heavy atom. The summed E-state index contributed by atoms with van der Waals surface area (Å²) >= 11 is 0. The van der Waals surface area contributed by atoms with Crippen LogP contribution in [0, 0.1) is 0 Å². The molecule has 0 spiro atoms. The van der Waals surface area contributed by atoms with Gasteiger partial charge in [-0.3, -0.25) is 4.98 Å². The molecule has 210 valence electrons. The predicted octanol–water partition coefficient (Wildman–Crippen LogP) is 4.66. The summed E-state index contributed by atoms with van der Waals surface area (Å²) in [6, 6.07) is 13.3. The molecule has 4 aromatic rings. The van der Waals surface area contributed by atoms with Crippen LogP contribution in [-0.2, 0) is 32.1 Å². The molecule has 5 rings (SSSR count). The number of halogens is 3. The fourth-order valence-corrected chi connectivity index (χ4v) is 5.78. The van der Waals surface area contributed by atoms with Gasteiger partial charge in [0, 0.05) is 49.5 Å². The third-order valence-corrected chi connectivity index (χ3v) is 8.30. The van der Waals surface area contributed by atoms with Crippen molar-refractivity contribution in [3.63, 3.8) is 0 Å². The highest BCUT2D eigenvalue weighted by Crippen LogP contribution is 2.37. The van der Waals surface area contributed by atoms with E-state index < -0.39 is 21.8 Å². The number of aromatic nitrogens is 3. The zero-order chi connectivity index (χ0) is 28.3. The van der Waals surface area contributed by atoms with Gasteiger partial charge in [-0.05, 0) is 48.5 Å². The second-order valence-electron chi connectivity index (χ2n) is 9.03. The largest absolute Gasteiger partial charge is 0.418 e. The highest BCUT2D eigenvalue weighted by molar-refractivity contribution is 7.89. The molecule has 0 amide bonds. The summed E-state index contributed by atoms with van der Waals surface area (Å²) < 4.78 is 78.6. The first kappa shape index (κ1) is 27.9. The van der Waals surface area contributed by atoms with E-state index in [-0.39, 0.29) is 16.2 Å². The Bertz CT molecular complexity index is 1610. The van der Waals surface area contributed by atoms with Gasteiger partial charge in [-0.15, -0.1) is 0 Å². The van der Waals surface area contributed by atoms with Gasteiger partial charge in [0.15, 0.2) is 0 Å². The lowest BCUT2D eigenvalue weighted by atomic mass is 10.0. The smallest absolute Gasteiger partial charge is 0.384 e. The fourth-order valence-electron chi connectivity index (χ4n) is 4.37. The number of fused-ring (bicyclic) bond motifs is 1. The van der Waals surface area contributed by atoms with Crippen LogP contribution in [0.1, 0.15) is 11.4 Å². The topological polar surface area (TPSA) is 107 Å². The standard InChI is InChI=1S/C27H26F3N5O4S/c1-38-14-10-24-33-23-17-18(25-22(27(28,29)30)3-2-11-31-25)4-9-21(23)26(34-24)32-19-5-7-20(8-6-19)40(36,37)35-12-15-39-16-13-35/h2-9,11,17H,10,12-16H2,1H3,(H,32,33,34). The number of hydrogen-bond donors (Lipinski definition) is 1. The second-order valence-corrected chi connectivity index (χ2v) is 11.0. The van der Waals surface area contributed by atoms with Crippen LogP contribution in [0.3, 0.4) is 0 Å². The number of morpholine rings is 1. The van der Waals surface area contributed by atoms with Crippen LogP contribution >= 0.6 is 0 Å². The third-order valence-electron chi connectivity index (χ3n) is 6.38. The molecular formula is C27H26F3N5O4S. The Labute approximate surface area is 229 Å². The van der Waals surface area contributed by atoms with E-state index in [1.807, 2.05) is 0 Å². The van der Waals surface area contributed by atoms with Gasteiger partial charge in [-0.2, -0.15) is 17.5 Å². The SMILES string of the molecule is COCCc1nc(Nc2ccc(S(=O)(=O)N3CCOCC3)cc2)c2ccc(-c3ncccc3C(F)(F)F)cc2n1. The van der Waals surface area contributed by atoms with Crippen molar-refractivity contribution in [2.75, 3.05) is 45.3 Å². The maximum absolute atomic E-state index is 13.6. The molecule has 13 heteroatoms. The highest BCUT2D eigenvalue weighted by atomic mass is 32.2. The molecule has 0 unspecified atom stereocenters. The number of anilines is 2. The maximum atomic E-state index is 13.6.